The first-order valence-corrected chi connectivity index (χ1v) is 8.42. The van der Waals surface area contributed by atoms with E-state index in [1.54, 1.807) is 0 Å². The lowest BCUT2D eigenvalue weighted by Crippen LogP contribution is -2.47. The van der Waals surface area contributed by atoms with Crippen LogP contribution in [0.5, 0.6) is 5.75 Å². The van der Waals surface area contributed by atoms with Crippen molar-refractivity contribution in [2.24, 2.45) is 0 Å². The van der Waals surface area contributed by atoms with E-state index < -0.39 is 6.09 Å². The van der Waals surface area contributed by atoms with E-state index in [1.807, 2.05) is 12.1 Å². The summed E-state index contributed by atoms with van der Waals surface area (Å²) in [6, 6.07) is 5.80. The van der Waals surface area contributed by atoms with Crippen molar-refractivity contribution in [3.8, 4) is 5.75 Å². The number of carboxylic acid groups (broad SMARTS) is 1. The minimum absolute atomic E-state index is 0.298. The minimum atomic E-state index is -0.844. The number of likely N-dealkylation sites (N-methyl/N-ethyl adjacent to an activating group) is 1. The second kappa shape index (κ2) is 7.23. The van der Waals surface area contributed by atoms with Crippen LogP contribution in [0.2, 0.25) is 0 Å². The lowest BCUT2D eigenvalue weighted by Gasteiger charge is -2.33. The van der Waals surface area contributed by atoms with Crippen molar-refractivity contribution >= 4 is 11.7 Å². The number of piperazine rings is 1. The molecule has 1 saturated heterocycles. The van der Waals surface area contributed by atoms with Crippen molar-refractivity contribution in [3.05, 3.63) is 35.4 Å². The maximum absolute atomic E-state index is 11.0. The van der Waals surface area contributed by atoms with Gasteiger partial charge in [-0.2, -0.15) is 0 Å². The summed E-state index contributed by atoms with van der Waals surface area (Å²) in [6.07, 6.45) is 2.38. The zero-order valence-corrected chi connectivity index (χ0v) is 14.1. The SMILES string of the molecule is CN1CC=C(c2cc(O)cc(CN3CCN(C(=O)O)CC3)c2)CC1. The van der Waals surface area contributed by atoms with Gasteiger partial charge < -0.3 is 20.0 Å². The van der Waals surface area contributed by atoms with Crippen molar-refractivity contribution in [3.63, 3.8) is 0 Å². The Labute approximate surface area is 142 Å². The number of nitrogens with zero attached hydrogens (tertiary/aromatic N) is 3. The molecule has 0 saturated carbocycles. The van der Waals surface area contributed by atoms with Gasteiger partial charge in [0, 0.05) is 45.8 Å². The summed E-state index contributed by atoms with van der Waals surface area (Å²) in [5.74, 6) is 0.298. The van der Waals surface area contributed by atoms with Crippen LogP contribution in [0.15, 0.2) is 24.3 Å². The molecule has 0 unspecified atom stereocenters. The van der Waals surface area contributed by atoms with Gasteiger partial charge in [0.1, 0.15) is 5.75 Å². The topological polar surface area (TPSA) is 67.2 Å². The smallest absolute Gasteiger partial charge is 0.407 e. The van der Waals surface area contributed by atoms with Crippen LogP contribution in [-0.2, 0) is 6.54 Å². The molecule has 0 aromatic heterocycles. The highest BCUT2D eigenvalue weighted by Crippen LogP contribution is 2.27. The maximum atomic E-state index is 11.0. The van der Waals surface area contributed by atoms with E-state index in [9.17, 15) is 9.90 Å². The van der Waals surface area contributed by atoms with E-state index in [2.05, 4.69) is 29.0 Å². The molecular weight excluding hydrogens is 306 g/mol. The van der Waals surface area contributed by atoms with Crippen molar-refractivity contribution < 1.29 is 15.0 Å². The Hall–Kier alpha value is -2.05. The molecule has 6 heteroatoms. The van der Waals surface area contributed by atoms with Crippen LogP contribution in [0.3, 0.4) is 0 Å². The van der Waals surface area contributed by atoms with Crippen molar-refractivity contribution in [2.75, 3.05) is 46.3 Å². The highest BCUT2D eigenvalue weighted by molar-refractivity contribution is 5.68. The van der Waals surface area contributed by atoms with Crippen LogP contribution in [-0.4, -0.2) is 77.3 Å². The van der Waals surface area contributed by atoms with E-state index in [1.165, 1.54) is 10.5 Å². The lowest BCUT2D eigenvalue weighted by molar-refractivity contribution is 0.103. The van der Waals surface area contributed by atoms with Crippen molar-refractivity contribution in [1.82, 2.24) is 14.7 Å². The minimum Gasteiger partial charge on any atom is -0.508 e. The normalized spacial score (nSPS) is 20.0. The summed E-state index contributed by atoms with van der Waals surface area (Å²) in [5, 5.41) is 19.1. The molecular formula is C18H25N3O3. The molecule has 0 bridgehead atoms. The Bertz CT molecular complexity index is 636. The Balaban J connectivity index is 1.67. The van der Waals surface area contributed by atoms with Crippen LogP contribution in [0.25, 0.3) is 5.57 Å². The molecule has 130 valence electrons. The quantitative estimate of drug-likeness (QED) is 0.886. The van der Waals surface area contributed by atoms with Crippen LogP contribution in [0.1, 0.15) is 17.5 Å². The first-order valence-electron chi connectivity index (χ1n) is 8.42. The molecule has 2 N–H and O–H groups in total. The summed E-state index contributed by atoms with van der Waals surface area (Å²) < 4.78 is 0. The van der Waals surface area contributed by atoms with Crippen LogP contribution in [0, 0.1) is 0 Å². The third kappa shape index (κ3) is 4.07. The van der Waals surface area contributed by atoms with E-state index in [0.29, 0.717) is 18.8 Å². The molecule has 2 aliphatic rings. The number of rotatable bonds is 3. The third-order valence-electron chi connectivity index (χ3n) is 4.81. The standard InChI is InChI=1S/C18H25N3O3/c1-19-4-2-15(3-5-19)16-10-14(11-17(22)12-16)13-20-6-8-21(9-7-20)18(23)24/h2,10-12,22H,3-9,13H2,1H3,(H,23,24). The van der Waals surface area contributed by atoms with Gasteiger partial charge in [0.05, 0.1) is 0 Å². The molecule has 0 atom stereocenters. The Morgan fingerprint density at radius 3 is 2.50 bits per heavy atom. The number of phenols is 1. The highest BCUT2D eigenvalue weighted by atomic mass is 16.4. The summed E-state index contributed by atoms with van der Waals surface area (Å²) in [5.41, 5.74) is 3.47. The number of phenolic OH excluding ortho intramolecular Hbond substituents is 1. The van der Waals surface area contributed by atoms with Gasteiger partial charge in [0.15, 0.2) is 0 Å². The van der Waals surface area contributed by atoms with Gasteiger partial charge in [-0.1, -0.05) is 6.08 Å². The van der Waals surface area contributed by atoms with E-state index >= 15 is 0 Å². The van der Waals surface area contributed by atoms with E-state index in [0.717, 1.165) is 50.3 Å². The molecule has 0 radical (unpaired) electrons. The molecule has 1 aromatic rings. The molecule has 0 aliphatic carbocycles. The largest absolute Gasteiger partial charge is 0.508 e. The zero-order valence-electron chi connectivity index (χ0n) is 14.1. The summed E-state index contributed by atoms with van der Waals surface area (Å²) >= 11 is 0. The number of hydrogen-bond donors (Lipinski definition) is 2. The lowest BCUT2D eigenvalue weighted by atomic mass is 9.97. The first-order chi connectivity index (χ1) is 11.5. The molecule has 2 aliphatic heterocycles. The Kier molecular flexibility index (Phi) is 5.06. The molecule has 3 rings (SSSR count). The monoisotopic (exact) mass is 331 g/mol. The van der Waals surface area contributed by atoms with Crippen LogP contribution >= 0.6 is 0 Å². The van der Waals surface area contributed by atoms with E-state index in [4.69, 9.17) is 5.11 Å². The van der Waals surface area contributed by atoms with E-state index in [-0.39, 0.29) is 0 Å². The first kappa shape index (κ1) is 16.8. The zero-order chi connectivity index (χ0) is 17.1. The van der Waals surface area contributed by atoms with Gasteiger partial charge in [0.2, 0.25) is 0 Å². The third-order valence-corrected chi connectivity index (χ3v) is 4.81. The summed E-state index contributed by atoms with van der Waals surface area (Å²) in [4.78, 5) is 16.9. The number of hydrogen-bond acceptors (Lipinski definition) is 4. The predicted octanol–water partition coefficient (Wildman–Crippen LogP) is 1.91. The van der Waals surface area contributed by atoms with Gasteiger partial charge in [-0.3, -0.25) is 4.90 Å². The molecule has 6 nitrogen and oxygen atoms in total. The molecule has 1 aromatic carbocycles. The highest BCUT2D eigenvalue weighted by Gasteiger charge is 2.20. The predicted molar refractivity (Wildman–Crippen MR) is 93.1 cm³/mol. The number of amides is 1. The molecule has 1 amide bonds. The second-order valence-electron chi connectivity index (χ2n) is 6.68. The average Bonchev–Trinajstić information content (AvgIpc) is 2.55. The summed E-state index contributed by atoms with van der Waals surface area (Å²) in [6.45, 7) is 5.25. The fraction of sp³-hybridized carbons (Fsp3) is 0.500. The fourth-order valence-electron chi connectivity index (χ4n) is 3.34. The Morgan fingerprint density at radius 2 is 1.88 bits per heavy atom. The van der Waals surface area contributed by atoms with Crippen LogP contribution in [0.4, 0.5) is 4.79 Å². The van der Waals surface area contributed by atoms with Gasteiger partial charge >= 0.3 is 6.09 Å². The Morgan fingerprint density at radius 1 is 1.12 bits per heavy atom. The van der Waals surface area contributed by atoms with Crippen molar-refractivity contribution in [2.45, 2.75) is 13.0 Å². The fourth-order valence-corrected chi connectivity index (χ4v) is 3.34. The van der Waals surface area contributed by atoms with Crippen molar-refractivity contribution in [1.29, 1.82) is 0 Å². The molecule has 2 heterocycles. The average molecular weight is 331 g/mol. The van der Waals surface area contributed by atoms with Gasteiger partial charge in [-0.05, 0) is 48.4 Å². The molecule has 0 spiro atoms. The maximum Gasteiger partial charge on any atom is 0.407 e. The summed E-state index contributed by atoms with van der Waals surface area (Å²) in [7, 11) is 2.11. The van der Waals surface area contributed by atoms with Crippen LogP contribution < -0.4 is 0 Å². The van der Waals surface area contributed by atoms with Gasteiger partial charge in [0.25, 0.3) is 0 Å². The number of aromatic hydroxyl groups is 1. The molecule has 24 heavy (non-hydrogen) atoms. The van der Waals surface area contributed by atoms with Gasteiger partial charge in [-0.15, -0.1) is 0 Å². The molecule has 1 fully saturated rings. The number of carbonyl (C=O) groups is 1. The van der Waals surface area contributed by atoms with Gasteiger partial charge in [-0.25, -0.2) is 4.79 Å². The second-order valence-corrected chi connectivity index (χ2v) is 6.68. The number of benzene rings is 1.